The second kappa shape index (κ2) is 10.5. The van der Waals surface area contributed by atoms with Gasteiger partial charge < -0.3 is 20.1 Å². The zero-order valence-corrected chi connectivity index (χ0v) is 21.9. The molecule has 2 N–H and O–H groups in total. The first kappa shape index (κ1) is 24.7. The normalized spacial score (nSPS) is 11.0. The third kappa shape index (κ3) is 5.26. The van der Waals surface area contributed by atoms with Crippen LogP contribution in [0.5, 0.6) is 11.5 Å². The number of methoxy groups -OCH3 is 1. The van der Waals surface area contributed by atoms with Gasteiger partial charge in [-0.3, -0.25) is 9.36 Å². The monoisotopic (exact) mass is 532 g/mol. The van der Waals surface area contributed by atoms with Crippen molar-refractivity contribution in [1.82, 2.24) is 9.55 Å². The van der Waals surface area contributed by atoms with Crippen molar-refractivity contribution in [1.29, 1.82) is 0 Å². The number of nitrogens with two attached hydrogens (primary N) is 1. The van der Waals surface area contributed by atoms with Crippen LogP contribution in [0.2, 0.25) is 5.02 Å². The Morgan fingerprint density at radius 1 is 1.03 bits per heavy atom. The minimum absolute atomic E-state index is 0.143. The molecule has 0 fully saturated rings. The average molecular weight is 533 g/mol. The van der Waals surface area contributed by atoms with Gasteiger partial charge in [-0.25, -0.2) is 4.98 Å². The van der Waals surface area contributed by atoms with Crippen molar-refractivity contribution >= 4 is 44.5 Å². The standard InChI is InChI=1S/C28H25ClN4O3S/c1-32(21-9-7-20(30)8-10-21)13-14-36-24-12-11-22(15-25(24)35-2)33-17-31-23-16-26(37-27(23)28(33)34)18-3-5-19(29)6-4-18/h3-12,15-17H,13-14,30H2,1-2H3. The SMILES string of the molecule is COc1cc(-n2cnc3cc(-c4ccc(Cl)cc4)sc3c2=O)ccc1OCCN(C)c1ccc(N)cc1. The fourth-order valence-electron chi connectivity index (χ4n) is 3.93. The Kier molecular flexibility index (Phi) is 7.03. The summed E-state index contributed by atoms with van der Waals surface area (Å²) < 4.78 is 13.7. The van der Waals surface area contributed by atoms with Gasteiger partial charge in [0.25, 0.3) is 5.56 Å². The van der Waals surface area contributed by atoms with Crippen LogP contribution in [0.1, 0.15) is 0 Å². The Hall–Kier alpha value is -4.01. The molecule has 5 rings (SSSR count). The van der Waals surface area contributed by atoms with Crippen LogP contribution in [0.25, 0.3) is 26.3 Å². The lowest BCUT2D eigenvalue weighted by Crippen LogP contribution is -2.23. The molecule has 0 atom stereocenters. The maximum absolute atomic E-state index is 13.3. The largest absolute Gasteiger partial charge is 0.493 e. The van der Waals surface area contributed by atoms with Gasteiger partial charge in [-0.2, -0.15) is 0 Å². The maximum atomic E-state index is 13.3. The number of likely N-dealkylation sites (N-methyl/N-ethyl adjacent to an activating group) is 1. The first-order chi connectivity index (χ1) is 17.9. The van der Waals surface area contributed by atoms with E-state index < -0.39 is 0 Å². The number of thiophene rings is 1. The van der Waals surface area contributed by atoms with Crippen molar-refractivity contribution in [2.45, 2.75) is 0 Å². The van der Waals surface area contributed by atoms with Crippen LogP contribution in [-0.4, -0.2) is 36.9 Å². The molecule has 0 bridgehead atoms. The molecule has 0 aliphatic carbocycles. The number of halogens is 1. The summed E-state index contributed by atoms with van der Waals surface area (Å²) >= 11 is 7.42. The van der Waals surface area contributed by atoms with Crippen LogP contribution in [0.15, 0.2) is 83.9 Å². The number of hydrogen-bond donors (Lipinski definition) is 1. The van der Waals surface area contributed by atoms with Crippen molar-refractivity contribution in [3.63, 3.8) is 0 Å². The van der Waals surface area contributed by atoms with Gasteiger partial charge >= 0.3 is 0 Å². The number of hydrogen-bond acceptors (Lipinski definition) is 7. The van der Waals surface area contributed by atoms with Crippen molar-refractivity contribution < 1.29 is 9.47 Å². The number of rotatable bonds is 8. The van der Waals surface area contributed by atoms with E-state index in [2.05, 4.69) is 9.88 Å². The molecule has 0 amide bonds. The number of ether oxygens (including phenoxy) is 2. The number of fused-ring (bicyclic) bond motifs is 1. The van der Waals surface area contributed by atoms with Gasteiger partial charge in [0.15, 0.2) is 11.5 Å². The summed E-state index contributed by atoms with van der Waals surface area (Å²) in [6, 6.07) is 22.6. The average Bonchev–Trinajstić information content (AvgIpc) is 3.35. The lowest BCUT2D eigenvalue weighted by atomic mass is 10.2. The number of anilines is 2. The van der Waals surface area contributed by atoms with Gasteiger partial charge in [0.1, 0.15) is 17.6 Å². The third-order valence-corrected chi connectivity index (χ3v) is 7.42. The molecule has 0 aliphatic heterocycles. The first-order valence-electron chi connectivity index (χ1n) is 11.6. The molecular formula is C28H25ClN4O3S. The summed E-state index contributed by atoms with van der Waals surface area (Å²) in [5.74, 6) is 1.13. The van der Waals surface area contributed by atoms with Crippen molar-refractivity contribution in [3.8, 4) is 27.6 Å². The Morgan fingerprint density at radius 3 is 2.51 bits per heavy atom. The van der Waals surface area contributed by atoms with E-state index in [-0.39, 0.29) is 5.56 Å². The second-order valence-corrected chi connectivity index (χ2v) is 9.94. The van der Waals surface area contributed by atoms with Crippen LogP contribution >= 0.6 is 22.9 Å². The smallest absolute Gasteiger partial charge is 0.275 e. The molecule has 2 aromatic heterocycles. The predicted octanol–water partition coefficient (Wildman–Crippen LogP) is 5.87. The fourth-order valence-corrected chi connectivity index (χ4v) is 5.10. The molecule has 188 valence electrons. The molecule has 9 heteroatoms. The Balaban J connectivity index is 1.35. The predicted molar refractivity (Wildman–Crippen MR) is 152 cm³/mol. The highest BCUT2D eigenvalue weighted by atomic mass is 35.5. The highest BCUT2D eigenvalue weighted by Gasteiger charge is 2.14. The van der Waals surface area contributed by atoms with Gasteiger partial charge in [0.2, 0.25) is 0 Å². The van der Waals surface area contributed by atoms with Gasteiger partial charge in [0.05, 0.1) is 24.9 Å². The molecule has 0 unspecified atom stereocenters. The van der Waals surface area contributed by atoms with E-state index in [9.17, 15) is 4.79 Å². The van der Waals surface area contributed by atoms with Gasteiger partial charge in [0, 0.05) is 34.4 Å². The maximum Gasteiger partial charge on any atom is 0.275 e. The zero-order valence-electron chi connectivity index (χ0n) is 20.3. The van der Waals surface area contributed by atoms with E-state index in [1.165, 1.54) is 15.9 Å². The van der Waals surface area contributed by atoms with Crippen LogP contribution in [0.3, 0.4) is 0 Å². The summed E-state index contributed by atoms with van der Waals surface area (Å²) in [7, 11) is 3.57. The van der Waals surface area contributed by atoms with E-state index in [0.29, 0.717) is 45.6 Å². The fraction of sp³-hybridized carbons (Fsp3) is 0.143. The lowest BCUT2D eigenvalue weighted by molar-refractivity contribution is 0.301. The highest BCUT2D eigenvalue weighted by molar-refractivity contribution is 7.22. The van der Waals surface area contributed by atoms with Crippen LogP contribution in [0.4, 0.5) is 11.4 Å². The molecule has 0 aliphatic rings. The topological polar surface area (TPSA) is 82.6 Å². The molecule has 37 heavy (non-hydrogen) atoms. The van der Waals surface area contributed by atoms with E-state index in [4.69, 9.17) is 26.8 Å². The van der Waals surface area contributed by atoms with Crippen molar-refractivity contribution in [2.24, 2.45) is 0 Å². The summed E-state index contributed by atoms with van der Waals surface area (Å²) in [6.45, 7) is 1.12. The number of nitrogens with zero attached hydrogens (tertiary/aromatic N) is 3. The molecule has 0 saturated carbocycles. The molecule has 7 nitrogen and oxygen atoms in total. The first-order valence-corrected chi connectivity index (χ1v) is 12.8. The van der Waals surface area contributed by atoms with Crippen LogP contribution in [-0.2, 0) is 0 Å². The molecule has 0 spiro atoms. The quantitative estimate of drug-likeness (QED) is 0.251. The molecular weight excluding hydrogens is 508 g/mol. The van der Waals surface area contributed by atoms with Crippen LogP contribution in [0, 0.1) is 0 Å². The Labute approximate surface area is 223 Å². The minimum Gasteiger partial charge on any atom is -0.493 e. The van der Waals surface area contributed by atoms with Gasteiger partial charge in [-0.1, -0.05) is 23.7 Å². The number of nitrogen functional groups attached to an aromatic ring is 1. The van der Waals surface area contributed by atoms with Gasteiger partial charge in [-0.05, 0) is 60.2 Å². The number of benzene rings is 3. The third-order valence-electron chi connectivity index (χ3n) is 6.01. The van der Waals surface area contributed by atoms with Crippen molar-refractivity contribution in [2.75, 3.05) is 37.9 Å². The Morgan fingerprint density at radius 2 is 1.78 bits per heavy atom. The lowest BCUT2D eigenvalue weighted by Gasteiger charge is -2.20. The van der Waals surface area contributed by atoms with E-state index >= 15 is 0 Å². The zero-order chi connectivity index (χ0) is 25.9. The highest BCUT2D eigenvalue weighted by Crippen LogP contribution is 2.33. The van der Waals surface area contributed by atoms with E-state index in [0.717, 1.165) is 21.8 Å². The van der Waals surface area contributed by atoms with E-state index in [1.807, 2.05) is 73.8 Å². The van der Waals surface area contributed by atoms with E-state index in [1.54, 1.807) is 19.5 Å². The summed E-state index contributed by atoms with van der Waals surface area (Å²) in [5, 5.41) is 0.667. The molecule has 0 radical (unpaired) electrons. The second-order valence-electron chi connectivity index (χ2n) is 8.45. The van der Waals surface area contributed by atoms with Gasteiger partial charge in [-0.15, -0.1) is 11.3 Å². The summed E-state index contributed by atoms with van der Waals surface area (Å²) in [4.78, 5) is 20.9. The minimum atomic E-state index is -0.143. The van der Waals surface area contributed by atoms with Crippen LogP contribution < -0.4 is 25.7 Å². The Bertz CT molecular complexity index is 1600. The molecule has 2 heterocycles. The molecule has 0 saturated heterocycles. The van der Waals surface area contributed by atoms with Crippen molar-refractivity contribution in [3.05, 3.63) is 94.5 Å². The summed E-state index contributed by atoms with van der Waals surface area (Å²) in [6.07, 6.45) is 1.54. The molecule has 3 aromatic carbocycles. The molecule has 5 aromatic rings. The number of aromatic nitrogens is 2. The summed E-state index contributed by atoms with van der Waals surface area (Å²) in [5.41, 5.74) is 9.70.